The van der Waals surface area contributed by atoms with Crippen LogP contribution in [0.4, 0.5) is 0 Å². The van der Waals surface area contributed by atoms with Gasteiger partial charge in [-0.1, -0.05) is 24.3 Å². The van der Waals surface area contributed by atoms with Gasteiger partial charge < -0.3 is 5.11 Å². The number of hydrogen-bond acceptors (Lipinski definition) is 1. The Bertz CT molecular complexity index is 558. The summed E-state index contributed by atoms with van der Waals surface area (Å²) in [6.45, 7) is 0.231. The molecule has 2 heteroatoms. The van der Waals surface area contributed by atoms with Crippen LogP contribution in [0.3, 0.4) is 0 Å². The third-order valence-electron chi connectivity index (χ3n) is 3.95. The molecule has 100 valence electrons. The zero-order chi connectivity index (χ0) is 13.1. The van der Waals surface area contributed by atoms with Crippen LogP contribution in [0.15, 0.2) is 41.3 Å². The Hall–Kier alpha value is -0.990. The lowest BCUT2D eigenvalue weighted by molar-refractivity contribution is 0.300. The van der Waals surface area contributed by atoms with Crippen molar-refractivity contribution in [3.8, 4) is 0 Å². The molecule has 2 aromatic rings. The number of rotatable bonds is 3. The molecule has 1 fully saturated rings. The van der Waals surface area contributed by atoms with Crippen molar-refractivity contribution < 1.29 is 5.11 Å². The van der Waals surface area contributed by atoms with Gasteiger partial charge in [0.05, 0.1) is 0 Å². The van der Waals surface area contributed by atoms with Gasteiger partial charge in [-0.2, -0.15) is 0 Å². The van der Waals surface area contributed by atoms with E-state index >= 15 is 0 Å². The number of hydrogen-bond donors (Lipinski definition) is 1. The lowest BCUT2D eigenvalue weighted by Gasteiger charge is -2.16. The lowest BCUT2D eigenvalue weighted by atomic mass is 10.0. The first-order valence-electron chi connectivity index (χ1n) is 7.19. The molecule has 0 radical (unpaired) electrons. The van der Waals surface area contributed by atoms with E-state index in [-0.39, 0.29) is 6.61 Å². The van der Waals surface area contributed by atoms with E-state index in [1.54, 1.807) is 4.90 Å². The molecule has 1 saturated heterocycles. The van der Waals surface area contributed by atoms with Gasteiger partial charge in [0.25, 0.3) is 0 Å². The predicted molar refractivity (Wildman–Crippen MR) is 84.0 cm³/mol. The summed E-state index contributed by atoms with van der Waals surface area (Å²) in [5.41, 5.74) is 1.28. The summed E-state index contributed by atoms with van der Waals surface area (Å²) in [5, 5.41) is 12.0. The fourth-order valence-corrected chi connectivity index (χ4v) is 5.47. The van der Waals surface area contributed by atoms with Crippen LogP contribution in [-0.2, 0) is 17.3 Å². The van der Waals surface area contributed by atoms with Crippen molar-refractivity contribution in [2.45, 2.75) is 30.6 Å². The molecular formula is C17H21OS+. The maximum Gasteiger partial charge on any atom is 0.162 e. The fourth-order valence-electron chi connectivity index (χ4n) is 2.98. The molecule has 1 heterocycles. The van der Waals surface area contributed by atoms with Gasteiger partial charge in [0, 0.05) is 22.9 Å². The van der Waals surface area contributed by atoms with E-state index in [1.807, 2.05) is 0 Å². The zero-order valence-corrected chi connectivity index (χ0v) is 12.1. The average Bonchev–Trinajstić information content (AvgIpc) is 2.49. The highest BCUT2D eigenvalue weighted by molar-refractivity contribution is 7.97. The third kappa shape index (κ3) is 2.65. The monoisotopic (exact) mass is 273 g/mol. The second-order valence-electron chi connectivity index (χ2n) is 5.20. The highest BCUT2D eigenvalue weighted by Gasteiger charge is 2.26. The second-order valence-corrected chi connectivity index (χ2v) is 7.45. The van der Waals surface area contributed by atoms with Crippen molar-refractivity contribution in [3.05, 3.63) is 42.0 Å². The number of fused-ring (bicyclic) bond motifs is 1. The molecule has 0 aliphatic carbocycles. The van der Waals surface area contributed by atoms with E-state index in [2.05, 4.69) is 36.4 Å². The number of aliphatic hydroxyl groups is 1. The molecular weight excluding hydrogens is 252 g/mol. The van der Waals surface area contributed by atoms with Crippen molar-refractivity contribution in [3.63, 3.8) is 0 Å². The van der Waals surface area contributed by atoms with Gasteiger partial charge in [0.2, 0.25) is 0 Å². The molecule has 0 aromatic heterocycles. The minimum atomic E-state index is 0.231. The summed E-state index contributed by atoms with van der Waals surface area (Å²) in [5.74, 6) is 2.73. The maximum absolute atomic E-state index is 9.20. The first-order valence-corrected chi connectivity index (χ1v) is 8.75. The normalized spacial score (nSPS) is 16.9. The summed E-state index contributed by atoms with van der Waals surface area (Å²) in [6, 6.07) is 13.3. The van der Waals surface area contributed by atoms with Crippen molar-refractivity contribution in [2.75, 3.05) is 18.1 Å². The Kier molecular flexibility index (Phi) is 4.09. The fraction of sp³-hybridized carbons (Fsp3) is 0.412. The van der Waals surface area contributed by atoms with Gasteiger partial charge in [-0.15, -0.1) is 0 Å². The van der Waals surface area contributed by atoms with Gasteiger partial charge >= 0.3 is 0 Å². The van der Waals surface area contributed by atoms with E-state index in [0.717, 1.165) is 6.42 Å². The van der Waals surface area contributed by atoms with Gasteiger partial charge in [0.1, 0.15) is 11.5 Å². The van der Waals surface area contributed by atoms with Crippen LogP contribution < -0.4 is 0 Å². The van der Waals surface area contributed by atoms with Crippen LogP contribution in [0.1, 0.15) is 24.8 Å². The maximum atomic E-state index is 9.20. The molecule has 0 unspecified atom stereocenters. The van der Waals surface area contributed by atoms with Crippen LogP contribution in [0.2, 0.25) is 0 Å². The standard InChI is InChI=1S/C17H21OS/c18-11-10-14-8-9-17(19-12-4-1-5-13-19)16-7-3-2-6-15(14)16/h2-3,6-9,18H,1,4-5,10-13H2/q+1. The Morgan fingerprint density at radius 3 is 2.37 bits per heavy atom. The summed E-state index contributed by atoms with van der Waals surface area (Å²) in [6.07, 6.45) is 4.93. The van der Waals surface area contributed by atoms with E-state index in [0.29, 0.717) is 10.9 Å². The summed E-state index contributed by atoms with van der Waals surface area (Å²) < 4.78 is 0. The minimum Gasteiger partial charge on any atom is -0.396 e. The van der Waals surface area contributed by atoms with Crippen LogP contribution in [0.5, 0.6) is 0 Å². The Morgan fingerprint density at radius 2 is 1.63 bits per heavy atom. The van der Waals surface area contributed by atoms with E-state index < -0.39 is 0 Å². The van der Waals surface area contributed by atoms with Crippen molar-refractivity contribution in [1.82, 2.24) is 0 Å². The molecule has 1 nitrogen and oxygen atoms in total. The minimum absolute atomic E-state index is 0.231. The van der Waals surface area contributed by atoms with Crippen molar-refractivity contribution in [1.29, 1.82) is 0 Å². The quantitative estimate of drug-likeness (QED) is 0.848. The molecule has 0 saturated carbocycles. The largest absolute Gasteiger partial charge is 0.396 e. The number of benzene rings is 2. The Morgan fingerprint density at radius 1 is 0.895 bits per heavy atom. The third-order valence-corrected chi connectivity index (χ3v) is 6.49. The first kappa shape index (κ1) is 13.0. The SMILES string of the molecule is OCCc1ccc([S+]2CCCCC2)c2ccccc12. The predicted octanol–water partition coefficient (Wildman–Crippen LogP) is 3.54. The lowest BCUT2D eigenvalue weighted by Crippen LogP contribution is -2.18. The van der Waals surface area contributed by atoms with Gasteiger partial charge in [-0.3, -0.25) is 0 Å². The van der Waals surface area contributed by atoms with Gasteiger partial charge in [-0.25, -0.2) is 0 Å². The summed E-state index contributed by atoms with van der Waals surface area (Å²) in [7, 11) is 0.443. The van der Waals surface area contributed by atoms with Crippen LogP contribution in [-0.4, -0.2) is 23.2 Å². The van der Waals surface area contributed by atoms with Crippen molar-refractivity contribution >= 4 is 21.7 Å². The van der Waals surface area contributed by atoms with Crippen LogP contribution >= 0.6 is 0 Å². The van der Waals surface area contributed by atoms with Gasteiger partial charge in [0.15, 0.2) is 4.90 Å². The Balaban J connectivity index is 2.07. The van der Waals surface area contributed by atoms with Gasteiger partial charge in [-0.05, 0) is 48.8 Å². The van der Waals surface area contributed by atoms with Crippen LogP contribution in [0.25, 0.3) is 10.8 Å². The summed E-state index contributed by atoms with van der Waals surface area (Å²) in [4.78, 5) is 1.55. The van der Waals surface area contributed by atoms with E-state index in [1.165, 1.54) is 47.1 Å². The zero-order valence-electron chi connectivity index (χ0n) is 11.3. The average molecular weight is 273 g/mol. The molecule has 1 aliphatic rings. The van der Waals surface area contributed by atoms with Crippen LogP contribution in [0, 0.1) is 0 Å². The first-order chi connectivity index (χ1) is 9.40. The van der Waals surface area contributed by atoms with E-state index in [4.69, 9.17) is 0 Å². The second kappa shape index (κ2) is 5.98. The highest BCUT2D eigenvalue weighted by atomic mass is 32.2. The summed E-state index contributed by atoms with van der Waals surface area (Å²) >= 11 is 0. The number of aliphatic hydroxyl groups excluding tert-OH is 1. The van der Waals surface area contributed by atoms with Crippen molar-refractivity contribution in [2.24, 2.45) is 0 Å². The highest BCUT2D eigenvalue weighted by Crippen LogP contribution is 2.31. The molecule has 2 aromatic carbocycles. The molecule has 0 atom stereocenters. The molecule has 0 bridgehead atoms. The molecule has 0 amide bonds. The molecule has 1 aliphatic heterocycles. The van der Waals surface area contributed by atoms with E-state index in [9.17, 15) is 5.11 Å². The smallest absolute Gasteiger partial charge is 0.162 e. The molecule has 0 spiro atoms. The molecule has 3 rings (SSSR count). The Labute approximate surface area is 118 Å². The molecule has 19 heavy (non-hydrogen) atoms. The topological polar surface area (TPSA) is 20.2 Å². The molecule has 1 N–H and O–H groups in total.